The van der Waals surface area contributed by atoms with Gasteiger partial charge in [-0.05, 0) is 82.7 Å². The van der Waals surface area contributed by atoms with Crippen LogP contribution < -0.4 is 10.7 Å². The fourth-order valence-electron chi connectivity index (χ4n) is 8.34. The quantitative estimate of drug-likeness (QED) is 0.177. The van der Waals surface area contributed by atoms with Gasteiger partial charge < -0.3 is 29.2 Å². The highest BCUT2D eigenvalue weighted by Crippen LogP contribution is 2.42. The summed E-state index contributed by atoms with van der Waals surface area (Å²) in [5.74, 6) is -1.54. The molecule has 6 bridgehead atoms. The van der Waals surface area contributed by atoms with Crippen molar-refractivity contribution in [2.45, 2.75) is 118 Å². The van der Waals surface area contributed by atoms with Crippen molar-refractivity contribution in [1.29, 1.82) is 0 Å². The molecule has 0 spiro atoms. The van der Waals surface area contributed by atoms with Crippen molar-refractivity contribution in [3.63, 3.8) is 0 Å². The van der Waals surface area contributed by atoms with Gasteiger partial charge in [0.2, 0.25) is 5.91 Å². The van der Waals surface area contributed by atoms with Crippen molar-refractivity contribution in [3.05, 3.63) is 58.2 Å². The summed E-state index contributed by atoms with van der Waals surface area (Å²) in [5, 5.41) is 8.15. The van der Waals surface area contributed by atoms with Gasteiger partial charge in [-0.15, -0.1) is 11.3 Å². The molecule has 0 saturated carbocycles. The molecule has 5 heterocycles. The Morgan fingerprint density at radius 3 is 2.55 bits per heavy atom. The number of hydrogen-bond acceptors (Lipinski definition) is 10. The molecule has 4 atom stereocenters. The van der Waals surface area contributed by atoms with Crippen LogP contribution in [0.4, 0.5) is 4.79 Å². The predicted molar refractivity (Wildman–Crippen MR) is 234 cm³/mol. The fourth-order valence-corrected chi connectivity index (χ4v) is 9.19. The summed E-state index contributed by atoms with van der Waals surface area (Å²) in [5.41, 5.74) is 9.37. The molecule has 0 aliphatic carbocycles. The number of hydrazine groups is 1. The van der Waals surface area contributed by atoms with E-state index in [1.165, 1.54) is 21.2 Å². The molecule has 4 aromatic rings. The monoisotopic (exact) mass is 842 g/mol. The van der Waals surface area contributed by atoms with Crippen LogP contribution in [-0.2, 0) is 43.2 Å². The highest BCUT2D eigenvalue weighted by Gasteiger charge is 2.38. The number of ether oxygens (including phenoxy) is 2. The minimum Gasteiger partial charge on any atom is -0.464 e. The second kappa shape index (κ2) is 18.4. The number of likely N-dealkylation sites (N-methyl/N-ethyl adjacent to an activating group) is 1. The van der Waals surface area contributed by atoms with E-state index in [4.69, 9.17) is 19.4 Å². The Balaban J connectivity index is 1.45. The number of cyclic esters (lactones) is 1. The number of carbonyl (C=O) groups is 4. The lowest BCUT2D eigenvalue weighted by Crippen LogP contribution is -2.62. The van der Waals surface area contributed by atoms with E-state index < -0.39 is 41.3 Å². The van der Waals surface area contributed by atoms with Gasteiger partial charge in [-0.2, -0.15) is 0 Å². The topological polar surface area (TPSA) is 151 Å². The maximum Gasteiger partial charge on any atom is 0.324 e. The first kappa shape index (κ1) is 44.7. The average Bonchev–Trinajstić information content (AvgIpc) is 3.82. The zero-order chi connectivity index (χ0) is 43.6. The minimum atomic E-state index is -1.04. The third kappa shape index (κ3) is 9.23. The fraction of sp³-hybridized carbons (Fsp3) is 0.556. The Morgan fingerprint density at radius 2 is 1.87 bits per heavy atom. The van der Waals surface area contributed by atoms with Gasteiger partial charge in [0.1, 0.15) is 18.1 Å². The molecule has 3 aromatic heterocycles. The van der Waals surface area contributed by atoms with Crippen molar-refractivity contribution in [3.8, 4) is 22.5 Å². The van der Waals surface area contributed by atoms with Gasteiger partial charge in [0.25, 0.3) is 5.91 Å². The zero-order valence-corrected chi connectivity index (χ0v) is 37.8. The summed E-state index contributed by atoms with van der Waals surface area (Å²) >= 11 is 1.42. The van der Waals surface area contributed by atoms with Gasteiger partial charge in [0.15, 0.2) is 0 Å². The summed E-state index contributed by atoms with van der Waals surface area (Å²) in [7, 11) is 5.01. The molecule has 2 aliphatic heterocycles. The van der Waals surface area contributed by atoms with Crippen LogP contribution in [0.5, 0.6) is 0 Å². The van der Waals surface area contributed by atoms with E-state index in [2.05, 4.69) is 60.3 Å². The van der Waals surface area contributed by atoms with E-state index in [9.17, 15) is 19.2 Å². The van der Waals surface area contributed by atoms with Gasteiger partial charge >= 0.3 is 12.0 Å². The van der Waals surface area contributed by atoms with E-state index in [1.807, 2.05) is 46.1 Å². The molecule has 15 heteroatoms. The number of hydrogen-bond donors (Lipinski definition) is 2. The van der Waals surface area contributed by atoms with Crippen LogP contribution in [0.15, 0.2) is 41.9 Å². The van der Waals surface area contributed by atoms with E-state index in [1.54, 1.807) is 32.3 Å². The molecule has 14 nitrogen and oxygen atoms in total. The number of esters is 1. The molecule has 0 radical (unpaired) electrons. The lowest BCUT2D eigenvalue weighted by Gasteiger charge is -2.37. The van der Waals surface area contributed by atoms with Crippen LogP contribution >= 0.6 is 11.3 Å². The second-order valence-electron chi connectivity index (χ2n) is 17.6. The van der Waals surface area contributed by atoms with Gasteiger partial charge in [-0.3, -0.25) is 24.4 Å². The molecular formula is C45H62N8O6S. The van der Waals surface area contributed by atoms with Crippen LogP contribution in [0, 0.1) is 11.3 Å². The first-order valence-electron chi connectivity index (χ1n) is 21.1. The number of carbonyl (C=O) groups excluding carboxylic acids is 4. The number of amides is 4. The van der Waals surface area contributed by atoms with E-state index in [-0.39, 0.29) is 37.1 Å². The number of pyridine rings is 1. The summed E-state index contributed by atoms with van der Waals surface area (Å²) in [6, 6.07) is 7.42. The summed E-state index contributed by atoms with van der Waals surface area (Å²) in [6.45, 7) is 17.1. The lowest BCUT2D eigenvalue weighted by atomic mass is 9.84. The number of aromatic nitrogens is 3. The molecule has 60 heavy (non-hydrogen) atoms. The van der Waals surface area contributed by atoms with Crippen LogP contribution in [0.3, 0.4) is 0 Å². The highest BCUT2D eigenvalue weighted by molar-refractivity contribution is 7.10. The second-order valence-corrected chi connectivity index (χ2v) is 18.5. The summed E-state index contributed by atoms with van der Waals surface area (Å²) < 4.78 is 14.2. The Bertz CT molecular complexity index is 2210. The van der Waals surface area contributed by atoms with Crippen LogP contribution in [-0.4, -0.2) is 112 Å². The smallest absolute Gasteiger partial charge is 0.324 e. The number of urea groups is 1. The van der Waals surface area contributed by atoms with Gasteiger partial charge in [0, 0.05) is 85.8 Å². The third-order valence-electron chi connectivity index (χ3n) is 11.9. The van der Waals surface area contributed by atoms with Crippen molar-refractivity contribution >= 4 is 46.1 Å². The third-order valence-corrected chi connectivity index (χ3v) is 12.7. The molecule has 6 rings (SSSR count). The van der Waals surface area contributed by atoms with Crippen molar-refractivity contribution < 1.29 is 28.7 Å². The van der Waals surface area contributed by atoms with Crippen molar-refractivity contribution in [2.24, 2.45) is 11.3 Å². The Labute approximate surface area is 358 Å². The molecule has 2 N–H and O–H groups in total. The molecule has 1 aromatic carbocycles. The number of nitrogens with zero attached hydrogens (tertiary/aromatic N) is 6. The van der Waals surface area contributed by atoms with Crippen LogP contribution in [0.1, 0.15) is 90.6 Å². The molecule has 4 amide bonds. The average molecular weight is 843 g/mol. The van der Waals surface area contributed by atoms with Crippen LogP contribution in [0.25, 0.3) is 33.4 Å². The van der Waals surface area contributed by atoms with Gasteiger partial charge in [-0.25, -0.2) is 15.2 Å². The molecule has 1 saturated heterocycles. The zero-order valence-electron chi connectivity index (χ0n) is 37.0. The molecule has 1 fully saturated rings. The molecule has 0 unspecified atom stereocenters. The Hall–Kier alpha value is -4.86. The van der Waals surface area contributed by atoms with E-state index >= 15 is 0 Å². The minimum absolute atomic E-state index is 0.0752. The van der Waals surface area contributed by atoms with Gasteiger partial charge in [0.05, 0.1) is 34.8 Å². The maximum atomic E-state index is 14.5. The lowest BCUT2D eigenvalue weighted by molar-refractivity contribution is -0.155. The first-order valence-corrected chi connectivity index (χ1v) is 22.0. The Kier molecular flexibility index (Phi) is 13.7. The normalized spacial score (nSPS) is 19.5. The van der Waals surface area contributed by atoms with E-state index in [0.717, 1.165) is 44.7 Å². The highest BCUT2D eigenvalue weighted by atomic mass is 32.1. The Morgan fingerprint density at radius 1 is 1.12 bits per heavy atom. The number of rotatable bonds is 9. The number of aryl methyl sites for hydroxylation is 1. The molecular weight excluding hydrogens is 781 g/mol. The number of benzene rings is 1. The molecule has 324 valence electrons. The molecule has 2 aliphatic rings. The first-order chi connectivity index (χ1) is 28.5. The number of nitrogens with one attached hydrogen (secondary N) is 2. The predicted octanol–water partition coefficient (Wildman–Crippen LogP) is 6.62. The summed E-state index contributed by atoms with van der Waals surface area (Å²) in [4.78, 5) is 68.8. The summed E-state index contributed by atoms with van der Waals surface area (Å²) in [6.07, 6.45) is 3.29. The number of fused-ring (bicyclic) bond motifs is 6. The van der Waals surface area contributed by atoms with E-state index in [0.29, 0.717) is 37.4 Å². The van der Waals surface area contributed by atoms with Gasteiger partial charge in [-0.1, -0.05) is 33.8 Å². The SMILES string of the molecule is CCn1c(-c2cccnc2[C@H](C)OC)c2c3cc(ccc31)-c1csc(n1)C[C@H](NC(=O)[C@H](C(C)C)N(C)C(=O)N(C)C(C)C)C(=O)N1CCC[C@H](N1)C(=O)OCC(C)(C)C2. The number of thiazole rings is 1. The van der Waals surface area contributed by atoms with Crippen LogP contribution in [0.2, 0.25) is 0 Å². The largest absolute Gasteiger partial charge is 0.464 e. The van der Waals surface area contributed by atoms with Crippen molar-refractivity contribution in [2.75, 3.05) is 34.4 Å². The number of methoxy groups -OCH3 is 1. The van der Waals surface area contributed by atoms with Crippen molar-refractivity contribution in [1.82, 2.24) is 40.1 Å². The standard InChI is InChI=1S/C45H62N8O6S/c1-12-52-36-18-17-29-21-31(36)32(40(52)30-15-13-19-46-38(30)28(6)58-11)23-45(7,8)25-59-43(56)33-16-14-20-53(49-33)42(55)34(22-37-47-35(29)24-60-37)48-41(54)39(26(2)3)51(10)44(57)50(9)27(4)5/h13,15,17-19,21,24,26-28,33-34,39,49H,12,14,16,20,22-23,25H2,1-11H3,(H,48,54)/t28-,33-,34-,39-/m0/s1. The maximum absolute atomic E-state index is 14.5.